The molecule has 1 aliphatic rings. The molecule has 1 saturated heterocycles. The van der Waals surface area contributed by atoms with Crippen LogP contribution in [0.3, 0.4) is 0 Å². The second kappa shape index (κ2) is 12.2. The van der Waals surface area contributed by atoms with Crippen LogP contribution in [0.2, 0.25) is 0 Å². The number of aromatic nitrogens is 1. The second-order valence-electron chi connectivity index (χ2n) is 8.46. The zero-order chi connectivity index (χ0) is 23.8. The Morgan fingerprint density at radius 1 is 1.18 bits per heavy atom. The molecule has 0 atom stereocenters. The Morgan fingerprint density at radius 2 is 2.03 bits per heavy atom. The van der Waals surface area contributed by atoms with Gasteiger partial charge in [0.2, 0.25) is 0 Å². The maximum Gasteiger partial charge on any atom is 0.260 e. The number of hydrogen-bond donors (Lipinski definition) is 0. The van der Waals surface area contributed by atoms with Crippen LogP contribution in [0.4, 0.5) is 9.52 Å². The average molecular weight is 486 g/mol. The highest BCUT2D eigenvalue weighted by Gasteiger charge is 2.22. The first-order chi connectivity index (χ1) is 16.6. The van der Waals surface area contributed by atoms with Crippen LogP contribution in [0.25, 0.3) is 10.2 Å². The molecular formula is C26H32FN3O3S. The fourth-order valence-corrected chi connectivity index (χ4v) is 4.99. The van der Waals surface area contributed by atoms with E-state index in [9.17, 15) is 9.18 Å². The van der Waals surface area contributed by atoms with Gasteiger partial charge in [0.25, 0.3) is 5.91 Å². The number of unbranched alkanes of at least 4 members (excludes halogenated alkanes) is 2. The average Bonchev–Trinajstić information content (AvgIpc) is 3.28. The molecule has 2 heterocycles. The Balaban J connectivity index is 1.52. The quantitative estimate of drug-likeness (QED) is 0.342. The third-order valence-electron chi connectivity index (χ3n) is 5.87. The summed E-state index contributed by atoms with van der Waals surface area (Å²) in [5, 5.41) is 0.585. The fourth-order valence-electron chi connectivity index (χ4n) is 3.98. The van der Waals surface area contributed by atoms with E-state index in [2.05, 4.69) is 16.8 Å². The van der Waals surface area contributed by atoms with Gasteiger partial charge in [0.1, 0.15) is 11.6 Å². The molecule has 0 aliphatic carbocycles. The number of thiazole rings is 1. The van der Waals surface area contributed by atoms with Gasteiger partial charge in [-0.05, 0) is 49.2 Å². The summed E-state index contributed by atoms with van der Waals surface area (Å²) in [6.07, 6.45) is 4.05. The summed E-state index contributed by atoms with van der Waals surface area (Å²) in [7, 11) is 0. The number of amides is 1. The number of nitrogens with zero attached hydrogens (tertiary/aromatic N) is 3. The summed E-state index contributed by atoms with van der Waals surface area (Å²) >= 11 is 1.34. The van der Waals surface area contributed by atoms with E-state index in [4.69, 9.17) is 9.47 Å². The van der Waals surface area contributed by atoms with E-state index >= 15 is 0 Å². The molecule has 3 aromatic rings. The summed E-state index contributed by atoms with van der Waals surface area (Å²) in [5.41, 5.74) is 1.25. The zero-order valence-electron chi connectivity index (χ0n) is 19.7. The van der Waals surface area contributed by atoms with Crippen molar-refractivity contribution in [3.63, 3.8) is 0 Å². The van der Waals surface area contributed by atoms with Crippen molar-refractivity contribution >= 4 is 32.6 Å². The molecular weight excluding hydrogens is 453 g/mol. The normalized spacial score (nSPS) is 14.4. The number of morpholine rings is 1. The minimum atomic E-state index is -0.305. The van der Waals surface area contributed by atoms with E-state index in [1.165, 1.54) is 23.5 Å². The van der Waals surface area contributed by atoms with Crippen LogP contribution in [0.5, 0.6) is 5.75 Å². The van der Waals surface area contributed by atoms with Gasteiger partial charge in [0.15, 0.2) is 5.13 Å². The number of hydrogen-bond acceptors (Lipinski definition) is 6. The smallest absolute Gasteiger partial charge is 0.260 e. The number of ether oxygens (including phenoxy) is 2. The van der Waals surface area contributed by atoms with Crippen molar-refractivity contribution in [2.75, 3.05) is 50.9 Å². The van der Waals surface area contributed by atoms with Crippen molar-refractivity contribution in [2.45, 2.75) is 32.6 Å². The topological polar surface area (TPSA) is 54.9 Å². The second-order valence-corrected chi connectivity index (χ2v) is 9.47. The lowest BCUT2D eigenvalue weighted by Crippen LogP contribution is -2.39. The number of rotatable bonds is 11. The Morgan fingerprint density at radius 3 is 2.85 bits per heavy atom. The van der Waals surface area contributed by atoms with Crippen molar-refractivity contribution in [3.8, 4) is 5.75 Å². The highest BCUT2D eigenvalue weighted by molar-refractivity contribution is 7.22. The van der Waals surface area contributed by atoms with Crippen molar-refractivity contribution in [3.05, 3.63) is 53.8 Å². The van der Waals surface area contributed by atoms with Gasteiger partial charge in [-0.25, -0.2) is 9.37 Å². The van der Waals surface area contributed by atoms with Crippen molar-refractivity contribution < 1.29 is 18.7 Å². The Kier molecular flexibility index (Phi) is 8.85. The molecule has 0 radical (unpaired) electrons. The maximum atomic E-state index is 13.7. The Labute approximate surface area is 204 Å². The number of halogens is 1. The van der Waals surface area contributed by atoms with E-state index in [1.54, 1.807) is 17.0 Å². The van der Waals surface area contributed by atoms with Gasteiger partial charge in [0.05, 0.1) is 30.0 Å². The molecule has 0 N–H and O–H groups in total. The van der Waals surface area contributed by atoms with Crippen LogP contribution in [-0.4, -0.2) is 61.8 Å². The largest absolute Gasteiger partial charge is 0.494 e. The van der Waals surface area contributed by atoms with E-state index in [0.29, 0.717) is 35.1 Å². The minimum absolute atomic E-state index is 0.125. The van der Waals surface area contributed by atoms with Crippen LogP contribution in [0, 0.1) is 5.82 Å². The molecule has 2 aromatic carbocycles. The number of benzene rings is 2. The third-order valence-corrected chi connectivity index (χ3v) is 6.91. The standard InChI is InChI=1S/C26H32FN3O3S/c1-2-3-4-15-33-22-8-5-7-20(18-22)25(31)30(12-6-11-29-13-16-32-17-14-29)26-28-23-10-9-21(27)19-24(23)34-26/h5,7-10,18-19H,2-4,6,11-17H2,1H3. The van der Waals surface area contributed by atoms with E-state index in [-0.39, 0.29) is 11.7 Å². The van der Waals surface area contributed by atoms with E-state index < -0.39 is 0 Å². The molecule has 1 aliphatic heterocycles. The monoisotopic (exact) mass is 485 g/mol. The first kappa shape index (κ1) is 24.6. The molecule has 8 heteroatoms. The number of anilines is 1. The SMILES string of the molecule is CCCCCOc1cccc(C(=O)N(CCCN2CCOCC2)c2nc3ccc(F)cc3s2)c1. The maximum absolute atomic E-state index is 13.7. The minimum Gasteiger partial charge on any atom is -0.494 e. The lowest BCUT2D eigenvalue weighted by Gasteiger charge is -2.27. The van der Waals surface area contributed by atoms with Crippen LogP contribution < -0.4 is 9.64 Å². The van der Waals surface area contributed by atoms with Crippen molar-refractivity contribution in [1.29, 1.82) is 0 Å². The third kappa shape index (κ3) is 6.52. The summed E-state index contributed by atoms with van der Waals surface area (Å²) in [6, 6.07) is 11.9. The molecule has 1 fully saturated rings. The fraction of sp³-hybridized carbons (Fsp3) is 0.462. The lowest BCUT2D eigenvalue weighted by atomic mass is 10.2. The van der Waals surface area contributed by atoms with Crippen molar-refractivity contribution in [1.82, 2.24) is 9.88 Å². The van der Waals surface area contributed by atoms with Gasteiger partial charge in [-0.15, -0.1) is 0 Å². The molecule has 0 spiro atoms. The molecule has 34 heavy (non-hydrogen) atoms. The highest BCUT2D eigenvalue weighted by atomic mass is 32.1. The van der Waals surface area contributed by atoms with E-state index in [0.717, 1.165) is 63.2 Å². The van der Waals surface area contributed by atoms with Crippen LogP contribution >= 0.6 is 11.3 Å². The molecule has 6 nitrogen and oxygen atoms in total. The molecule has 4 rings (SSSR count). The summed E-state index contributed by atoms with van der Waals surface area (Å²) < 4.78 is 25.8. The summed E-state index contributed by atoms with van der Waals surface area (Å²) in [5.74, 6) is 0.267. The molecule has 0 unspecified atom stereocenters. The molecule has 0 bridgehead atoms. The van der Waals surface area contributed by atoms with Crippen molar-refractivity contribution in [2.24, 2.45) is 0 Å². The van der Waals surface area contributed by atoms with Gasteiger partial charge in [-0.3, -0.25) is 14.6 Å². The van der Waals surface area contributed by atoms with Gasteiger partial charge >= 0.3 is 0 Å². The summed E-state index contributed by atoms with van der Waals surface area (Å²) in [4.78, 5) is 22.4. The molecule has 1 amide bonds. The first-order valence-corrected chi connectivity index (χ1v) is 12.9. The summed E-state index contributed by atoms with van der Waals surface area (Å²) in [6.45, 7) is 7.51. The Bertz CT molecular complexity index is 1080. The number of fused-ring (bicyclic) bond motifs is 1. The number of carbonyl (C=O) groups is 1. The Hall–Kier alpha value is -2.55. The van der Waals surface area contributed by atoms with Gasteiger partial charge in [0, 0.05) is 31.7 Å². The predicted octanol–water partition coefficient (Wildman–Crippen LogP) is 5.37. The lowest BCUT2D eigenvalue weighted by molar-refractivity contribution is 0.0376. The molecule has 182 valence electrons. The van der Waals surface area contributed by atoms with Gasteiger partial charge < -0.3 is 9.47 Å². The number of carbonyl (C=O) groups excluding carboxylic acids is 1. The molecule has 0 saturated carbocycles. The van der Waals surface area contributed by atoms with Gasteiger partial charge in [-0.1, -0.05) is 37.2 Å². The predicted molar refractivity (Wildman–Crippen MR) is 135 cm³/mol. The molecule has 1 aromatic heterocycles. The van der Waals surface area contributed by atoms with Gasteiger partial charge in [-0.2, -0.15) is 0 Å². The van der Waals surface area contributed by atoms with Crippen LogP contribution in [0.1, 0.15) is 43.0 Å². The van der Waals surface area contributed by atoms with Crippen LogP contribution in [0.15, 0.2) is 42.5 Å². The first-order valence-electron chi connectivity index (χ1n) is 12.0. The zero-order valence-corrected chi connectivity index (χ0v) is 20.5. The van der Waals surface area contributed by atoms with Crippen LogP contribution in [-0.2, 0) is 4.74 Å². The van der Waals surface area contributed by atoms with E-state index in [1.807, 2.05) is 18.2 Å². The highest BCUT2D eigenvalue weighted by Crippen LogP contribution is 2.31.